The number of aromatic nitrogens is 5. The maximum absolute atomic E-state index is 13.0. The van der Waals surface area contributed by atoms with E-state index in [4.69, 9.17) is 4.52 Å². The molecular weight excluding hydrogens is 432 g/mol. The Morgan fingerprint density at radius 3 is 2.53 bits per heavy atom. The van der Waals surface area contributed by atoms with E-state index in [1.807, 2.05) is 54.6 Å². The van der Waals surface area contributed by atoms with E-state index < -0.39 is 0 Å². The predicted octanol–water partition coefficient (Wildman–Crippen LogP) is 3.39. The molecule has 0 unspecified atom stereocenters. The van der Waals surface area contributed by atoms with Gasteiger partial charge in [-0.3, -0.25) is 4.79 Å². The van der Waals surface area contributed by atoms with Crippen molar-refractivity contribution in [3.8, 4) is 22.8 Å². The minimum Gasteiger partial charge on any atom is -0.333 e. The second-order valence-corrected chi connectivity index (χ2v) is 8.16. The Morgan fingerprint density at radius 1 is 0.941 bits per heavy atom. The average molecular weight is 452 g/mol. The third kappa shape index (κ3) is 3.47. The van der Waals surface area contributed by atoms with Gasteiger partial charge in [0.05, 0.1) is 12.1 Å². The molecule has 9 nitrogen and oxygen atoms in total. The highest BCUT2D eigenvalue weighted by Gasteiger charge is 2.22. The molecule has 5 aromatic rings. The zero-order valence-electron chi connectivity index (χ0n) is 18.2. The summed E-state index contributed by atoms with van der Waals surface area (Å²) in [5.74, 6) is 0.908. The van der Waals surface area contributed by atoms with Crippen LogP contribution >= 0.6 is 0 Å². The molecular formula is C25H20N6O3. The van der Waals surface area contributed by atoms with E-state index in [-0.39, 0.29) is 11.6 Å². The lowest BCUT2D eigenvalue weighted by atomic mass is 10.2. The third-order valence-corrected chi connectivity index (χ3v) is 5.95. The van der Waals surface area contributed by atoms with Crippen molar-refractivity contribution in [1.82, 2.24) is 24.3 Å². The van der Waals surface area contributed by atoms with Crippen molar-refractivity contribution < 1.29 is 9.32 Å². The average Bonchev–Trinajstić information content (AvgIpc) is 3.60. The number of fused-ring (bicyclic) bond motifs is 1. The normalized spacial score (nSPS) is 13.8. The van der Waals surface area contributed by atoms with Gasteiger partial charge >= 0.3 is 5.69 Å². The van der Waals surface area contributed by atoms with Crippen molar-refractivity contribution in [3.63, 3.8) is 0 Å². The number of hydrogen-bond donors (Lipinski definition) is 0. The van der Waals surface area contributed by atoms with Gasteiger partial charge in [-0.2, -0.15) is 4.98 Å². The predicted molar refractivity (Wildman–Crippen MR) is 125 cm³/mol. The number of nitrogens with zero attached hydrogens (tertiary/aromatic N) is 6. The highest BCUT2D eigenvalue weighted by atomic mass is 16.5. The van der Waals surface area contributed by atoms with E-state index in [0.29, 0.717) is 35.9 Å². The molecule has 1 aliphatic heterocycles. The zero-order valence-corrected chi connectivity index (χ0v) is 18.2. The fourth-order valence-electron chi connectivity index (χ4n) is 4.22. The molecule has 0 N–H and O–H groups in total. The standard InChI is InChI=1S/C25H20N6O3/c32-21-9-5-14-29(21)19-12-10-17(11-13-19)16-31-25(33)30-15-4-8-20(23(30)27-31)24-26-22(28-34-24)18-6-2-1-3-7-18/h1-4,6-8,10-13,15H,5,9,14,16H2. The summed E-state index contributed by atoms with van der Waals surface area (Å²) in [5.41, 5.74) is 3.38. The van der Waals surface area contributed by atoms with Crippen LogP contribution in [0.15, 0.2) is 82.2 Å². The van der Waals surface area contributed by atoms with Gasteiger partial charge in [-0.1, -0.05) is 47.6 Å². The molecule has 168 valence electrons. The molecule has 0 spiro atoms. The topological polar surface area (TPSA) is 98.5 Å². The number of rotatable bonds is 5. The summed E-state index contributed by atoms with van der Waals surface area (Å²) < 4.78 is 8.37. The Labute approximate surface area is 193 Å². The Hall–Kier alpha value is -4.53. The van der Waals surface area contributed by atoms with Gasteiger partial charge in [0.15, 0.2) is 5.65 Å². The Balaban J connectivity index is 1.31. The summed E-state index contributed by atoms with van der Waals surface area (Å²) in [6.07, 6.45) is 3.14. The van der Waals surface area contributed by atoms with Crippen LogP contribution in [0.25, 0.3) is 28.5 Å². The SMILES string of the molecule is O=C1CCCN1c1ccc(Cn2nc3c(-c4nc(-c5ccccc5)no4)cccn3c2=O)cc1. The largest absolute Gasteiger partial charge is 0.350 e. The molecule has 1 amide bonds. The van der Waals surface area contributed by atoms with Crippen LogP contribution < -0.4 is 10.6 Å². The van der Waals surface area contributed by atoms with Crippen molar-refractivity contribution in [2.45, 2.75) is 19.4 Å². The molecule has 0 aliphatic carbocycles. The highest BCUT2D eigenvalue weighted by molar-refractivity contribution is 5.95. The van der Waals surface area contributed by atoms with E-state index in [2.05, 4.69) is 15.2 Å². The molecule has 3 aromatic heterocycles. The molecule has 2 aromatic carbocycles. The van der Waals surface area contributed by atoms with E-state index in [0.717, 1.165) is 29.8 Å². The van der Waals surface area contributed by atoms with E-state index >= 15 is 0 Å². The maximum atomic E-state index is 13.0. The van der Waals surface area contributed by atoms with Crippen molar-refractivity contribution in [1.29, 1.82) is 0 Å². The molecule has 1 fully saturated rings. The Morgan fingerprint density at radius 2 is 1.76 bits per heavy atom. The molecule has 0 radical (unpaired) electrons. The fourth-order valence-corrected chi connectivity index (χ4v) is 4.22. The van der Waals surface area contributed by atoms with Crippen molar-refractivity contribution in [2.24, 2.45) is 0 Å². The number of hydrogen-bond acceptors (Lipinski definition) is 6. The maximum Gasteiger partial charge on any atom is 0.350 e. The van der Waals surface area contributed by atoms with Gasteiger partial charge in [-0.15, -0.1) is 5.10 Å². The monoisotopic (exact) mass is 452 g/mol. The Bertz CT molecular complexity index is 1550. The molecule has 9 heteroatoms. The van der Waals surface area contributed by atoms with Gasteiger partial charge in [0, 0.05) is 30.4 Å². The van der Waals surface area contributed by atoms with Gasteiger partial charge in [-0.25, -0.2) is 13.9 Å². The molecule has 0 atom stereocenters. The minimum atomic E-state index is -0.265. The summed E-state index contributed by atoms with van der Waals surface area (Å²) in [7, 11) is 0. The first-order valence-corrected chi connectivity index (χ1v) is 11.0. The van der Waals surface area contributed by atoms with Crippen LogP contribution in [-0.2, 0) is 11.3 Å². The number of amides is 1. The van der Waals surface area contributed by atoms with E-state index in [1.165, 1.54) is 9.08 Å². The summed E-state index contributed by atoms with van der Waals surface area (Å²) in [6, 6.07) is 20.8. The number of pyridine rings is 1. The first-order chi connectivity index (χ1) is 16.7. The molecule has 4 heterocycles. The third-order valence-electron chi connectivity index (χ3n) is 5.95. The molecule has 0 saturated carbocycles. The second kappa shape index (κ2) is 8.11. The van der Waals surface area contributed by atoms with Crippen LogP contribution in [0, 0.1) is 0 Å². The molecule has 1 aliphatic rings. The minimum absolute atomic E-state index is 0.147. The van der Waals surface area contributed by atoms with Crippen molar-refractivity contribution in [2.75, 3.05) is 11.4 Å². The quantitative estimate of drug-likeness (QED) is 0.405. The zero-order chi connectivity index (χ0) is 23.1. The van der Waals surface area contributed by atoms with Gasteiger partial charge in [0.25, 0.3) is 5.89 Å². The lowest BCUT2D eigenvalue weighted by molar-refractivity contribution is -0.117. The summed E-state index contributed by atoms with van der Waals surface area (Å²) in [5, 5.41) is 8.63. The van der Waals surface area contributed by atoms with Crippen molar-refractivity contribution in [3.05, 3.63) is 89.0 Å². The number of carbonyl (C=O) groups excluding carboxylic acids is 1. The summed E-state index contributed by atoms with van der Waals surface area (Å²) in [4.78, 5) is 31.3. The van der Waals surface area contributed by atoms with Gasteiger partial charge < -0.3 is 9.42 Å². The molecule has 1 saturated heterocycles. The Kier molecular flexibility index (Phi) is 4.80. The van der Waals surface area contributed by atoms with Crippen LogP contribution in [0.4, 0.5) is 5.69 Å². The number of carbonyl (C=O) groups is 1. The fraction of sp³-hybridized carbons (Fsp3) is 0.160. The second-order valence-electron chi connectivity index (χ2n) is 8.16. The molecule has 0 bridgehead atoms. The molecule has 6 rings (SSSR count). The van der Waals surface area contributed by atoms with Crippen LogP contribution in [0.2, 0.25) is 0 Å². The number of benzene rings is 2. The van der Waals surface area contributed by atoms with E-state index in [1.54, 1.807) is 23.2 Å². The first-order valence-electron chi connectivity index (χ1n) is 11.0. The van der Waals surface area contributed by atoms with E-state index in [9.17, 15) is 9.59 Å². The summed E-state index contributed by atoms with van der Waals surface area (Å²) >= 11 is 0. The number of anilines is 1. The van der Waals surface area contributed by atoms with Gasteiger partial charge in [0.2, 0.25) is 11.7 Å². The van der Waals surface area contributed by atoms with Crippen LogP contribution in [0.3, 0.4) is 0 Å². The van der Waals surface area contributed by atoms with Crippen LogP contribution in [0.1, 0.15) is 18.4 Å². The van der Waals surface area contributed by atoms with Crippen LogP contribution in [-0.4, -0.2) is 36.8 Å². The van der Waals surface area contributed by atoms with Gasteiger partial charge in [-0.05, 0) is 36.2 Å². The molecule has 34 heavy (non-hydrogen) atoms. The summed E-state index contributed by atoms with van der Waals surface area (Å²) in [6.45, 7) is 1.04. The lowest BCUT2D eigenvalue weighted by Gasteiger charge is -2.15. The first kappa shape index (κ1) is 20.1. The smallest absolute Gasteiger partial charge is 0.333 e. The highest BCUT2D eigenvalue weighted by Crippen LogP contribution is 2.25. The van der Waals surface area contributed by atoms with Gasteiger partial charge in [0.1, 0.15) is 0 Å². The van der Waals surface area contributed by atoms with Crippen LogP contribution in [0.5, 0.6) is 0 Å². The van der Waals surface area contributed by atoms with Crippen molar-refractivity contribution >= 4 is 17.2 Å². The lowest BCUT2D eigenvalue weighted by Crippen LogP contribution is -2.24.